The Morgan fingerprint density at radius 2 is 1.81 bits per heavy atom. The Bertz CT molecular complexity index is 857. The fourth-order valence-corrected chi connectivity index (χ4v) is 3.10. The summed E-state index contributed by atoms with van der Waals surface area (Å²) in [7, 11) is 1.52. The first-order valence-electron chi connectivity index (χ1n) is 8.60. The van der Waals surface area contributed by atoms with Gasteiger partial charge in [-0.1, -0.05) is 30.3 Å². The standard InChI is InChI=1S/C20H20FN3O3/c1-23(13-18(25)22-15-7-3-2-4-8-15)20(27)14-11-19(26)24(12-14)17-10-6-5-9-16(17)21/h2-10,14H,11-13H2,1H3,(H,22,25). The summed E-state index contributed by atoms with van der Waals surface area (Å²) >= 11 is 0. The van der Waals surface area contributed by atoms with Crippen molar-refractivity contribution >= 4 is 29.1 Å². The van der Waals surface area contributed by atoms with E-state index in [2.05, 4.69) is 5.32 Å². The third-order valence-electron chi connectivity index (χ3n) is 4.43. The molecule has 0 bridgehead atoms. The minimum atomic E-state index is -0.605. The highest BCUT2D eigenvalue weighted by molar-refractivity contribution is 6.01. The molecule has 0 saturated carbocycles. The molecule has 1 atom stereocenters. The maximum atomic E-state index is 13.9. The number of halogens is 1. The van der Waals surface area contributed by atoms with E-state index in [0.29, 0.717) is 5.69 Å². The van der Waals surface area contributed by atoms with E-state index in [4.69, 9.17) is 0 Å². The van der Waals surface area contributed by atoms with Crippen LogP contribution in [0.3, 0.4) is 0 Å². The smallest absolute Gasteiger partial charge is 0.243 e. The van der Waals surface area contributed by atoms with Crippen molar-refractivity contribution in [3.05, 3.63) is 60.4 Å². The summed E-state index contributed by atoms with van der Waals surface area (Å²) < 4.78 is 13.9. The number of para-hydroxylation sites is 2. The Labute approximate surface area is 156 Å². The fourth-order valence-electron chi connectivity index (χ4n) is 3.10. The Balaban J connectivity index is 1.60. The van der Waals surface area contributed by atoms with Crippen LogP contribution in [0.25, 0.3) is 0 Å². The van der Waals surface area contributed by atoms with E-state index in [1.165, 1.54) is 29.0 Å². The number of amides is 3. The molecule has 0 radical (unpaired) electrons. The van der Waals surface area contributed by atoms with E-state index < -0.39 is 11.7 Å². The van der Waals surface area contributed by atoms with Crippen LogP contribution >= 0.6 is 0 Å². The van der Waals surface area contributed by atoms with Gasteiger partial charge in [-0.05, 0) is 24.3 Å². The first-order valence-corrected chi connectivity index (χ1v) is 8.60. The molecule has 2 aromatic carbocycles. The molecule has 0 aromatic heterocycles. The number of nitrogens with one attached hydrogen (secondary N) is 1. The number of carbonyl (C=O) groups excluding carboxylic acids is 3. The zero-order valence-electron chi connectivity index (χ0n) is 14.9. The largest absolute Gasteiger partial charge is 0.336 e. The molecule has 1 N–H and O–H groups in total. The minimum Gasteiger partial charge on any atom is -0.336 e. The zero-order chi connectivity index (χ0) is 19.4. The topological polar surface area (TPSA) is 69.7 Å². The molecule has 0 spiro atoms. The normalized spacial score (nSPS) is 16.3. The maximum absolute atomic E-state index is 13.9. The van der Waals surface area contributed by atoms with Gasteiger partial charge in [-0.3, -0.25) is 14.4 Å². The third-order valence-corrected chi connectivity index (χ3v) is 4.43. The minimum absolute atomic E-state index is 0.00217. The van der Waals surface area contributed by atoms with Gasteiger partial charge in [0.2, 0.25) is 17.7 Å². The second kappa shape index (κ2) is 7.99. The fraction of sp³-hybridized carbons (Fsp3) is 0.250. The van der Waals surface area contributed by atoms with Crippen LogP contribution in [-0.2, 0) is 14.4 Å². The number of hydrogen-bond donors (Lipinski definition) is 1. The van der Waals surface area contributed by atoms with Gasteiger partial charge in [0.25, 0.3) is 0 Å². The summed E-state index contributed by atoms with van der Waals surface area (Å²) in [5.74, 6) is -2.06. The van der Waals surface area contributed by atoms with Crippen molar-refractivity contribution in [1.82, 2.24) is 4.90 Å². The highest BCUT2D eigenvalue weighted by Gasteiger charge is 2.37. The second-order valence-corrected chi connectivity index (χ2v) is 6.47. The van der Waals surface area contributed by atoms with Gasteiger partial charge in [-0.15, -0.1) is 0 Å². The molecule has 7 heteroatoms. The molecule has 140 valence electrons. The summed E-state index contributed by atoms with van der Waals surface area (Å²) in [6.07, 6.45) is -0.00217. The number of benzene rings is 2. The molecule has 0 aliphatic carbocycles. The monoisotopic (exact) mass is 369 g/mol. The third kappa shape index (κ3) is 4.31. The van der Waals surface area contributed by atoms with Crippen LogP contribution in [0.4, 0.5) is 15.8 Å². The highest BCUT2D eigenvalue weighted by Crippen LogP contribution is 2.28. The Morgan fingerprint density at radius 1 is 1.15 bits per heavy atom. The lowest BCUT2D eigenvalue weighted by Gasteiger charge is -2.21. The predicted molar refractivity (Wildman–Crippen MR) is 99.6 cm³/mol. The molecule has 27 heavy (non-hydrogen) atoms. The number of likely N-dealkylation sites (N-methyl/N-ethyl adjacent to an activating group) is 1. The number of rotatable bonds is 5. The van der Waals surface area contributed by atoms with Gasteiger partial charge in [-0.2, -0.15) is 0 Å². The Hall–Kier alpha value is -3.22. The zero-order valence-corrected chi connectivity index (χ0v) is 14.9. The summed E-state index contributed by atoms with van der Waals surface area (Å²) in [5.41, 5.74) is 0.812. The quantitative estimate of drug-likeness (QED) is 0.879. The van der Waals surface area contributed by atoms with Crippen molar-refractivity contribution in [3.63, 3.8) is 0 Å². The van der Waals surface area contributed by atoms with E-state index in [9.17, 15) is 18.8 Å². The molecular weight excluding hydrogens is 349 g/mol. The molecule has 1 aliphatic rings. The molecular formula is C20H20FN3O3. The molecule has 3 amide bonds. The summed E-state index contributed by atoms with van der Waals surface area (Å²) in [4.78, 5) is 39.5. The number of hydrogen-bond acceptors (Lipinski definition) is 3. The van der Waals surface area contributed by atoms with Gasteiger partial charge in [0.1, 0.15) is 5.82 Å². The molecule has 3 rings (SSSR count). The average Bonchev–Trinajstić information content (AvgIpc) is 3.03. The number of nitrogens with zero attached hydrogens (tertiary/aromatic N) is 2. The van der Waals surface area contributed by atoms with Crippen molar-refractivity contribution in [2.75, 3.05) is 30.4 Å². The summed E-state index contributed by atoms with van der Waals surface area (Å²) in [6, 6.07) is 14.9. The van der Waals surface area contributed by atoms with Crippen LogP contribution in [0, 0.1) is 11.7 Å². The first-order chi connectivity index (χ1) is 13.0. The van der Waals surface area contributed by atoms with Gasteiger partial charge >= 0.3 is 0 Å². The van der Waals surface area contributed by atoms with Gasteiger partial charge in [0, 0.05) is 25.7 Å². The maximum Gasteiger partial charge on any atom is 0.243 e. The van der Waals surface area contributed by atoms with E-state index in [0.717, 1.165) is 0 Å². The molecule has 2 aromatic rings. The van der Waals surface area contributed by atoms with E-state index in [1.54, 1.807) is 36.4 Å². The molecule has 1 heterocycles. The SMILES string of the molecule is CN(CC(=O)Nc1ccccc1)C(=O)C1CC(=O)N(c2ccccc2F)C1. The van der Waals surface area contributed by atoms with Gasteiger partial charge in [-0.25, -0.2) is 4.39 Å². The molecule has 6 nitrogen and oxygen atoms in total. The van der Waals surface area contributed by atoms with E-state index in [-0.39, 0.29) is 42.9 Å². The van der Waals surface area contributed by atoms with Crippen molar-refractivity contribution < 1.29 is 18.8 Å². The van der Waals surface area contributed by atoms with Crippen molar-refractivity contribution in [2.45, 2.75) is 6.42 Å². The average molecular weight is 369 g/mol. The van der Waals surface area contributed by atoms with Crippen molar-refractivity contribution in [2.24, 2.45) is 5.92 Å². The first kappa shape index (κ1) is 18.6. The van der Waals surface area contributed by atoms with Gasteiger partial charge in [0.05, 0.1) is 18.2 Å². The second-order valence-electron chi connectivity index (χ2n) is 6.47. The lowest BCUT2D eigenvalue weighted by Crippen LogP contribution is -2.39. The number of anilines is 2. The lowest BCUT2D eigenvalue weighted by molar-refractivity contribution is -0.137. The predicted octanol–water partition coefficient (Wildman–Crippen LogP) is 2.28. The Morgan fingerprint density at radius 3 is 2.52 bits per heavy atom. The highest BCUT2D eigenvalue weighted by atomic mass is 19.1. The van der Waals surface area contributed by atoms with E-state index >= 15 is 0 Å². The summed E-state index contributed by atoms with van der Waals surface area (Å²) in [5, 5.41) is 2.71. The lowest BCUT2D eigenvalue weighted by atomic mass is 10.1. The van der Waals surface area contributed by atoms with Gasteiger partial charge in [0.15, 0.2) is 0 Å². The van der Waals surface area contributed by atoms with Crippen LogP contribution in [0.1, 0.15) is 6.42 Å². The van der Waals surface area contributed by atoms with Crippen LogP contribution in [0.5, 0.6) is 0 Å². The summed E-state index contributed by atoms with van der Waals surface area (Å²) in [6.45, 7) is -0.0264. The van der Waals surface area contributed by atoms with Crippen LogP contribution in [0.15, 0.2) is 54.6 Å². The molecule has 1 aliphatic heterocycles. The number of carbonyl (C=O) groups is 3. The molecule has 1 fully saturated rings. The van der Waals surface area contributed by atoms with Crippen LogP contribution < -0.4 is 10.2 Å². The molecule has 1 unspecified atom stereocenters. The molecule has 1 saturated heterocycles. The van der Waals surface area contributed by atoms with Crippen molar-refractivity contribution in [3.8, 4) is 0 Å². The van der Waals surface area contributed by atoms with Crippen LogP contribution in [0.2, 0.25) is 0 Å². The Kier molecular flexibility index (Phi) is 5.49. The van der Waals surface area contributed by atoms with Crippen LogP contribution in [-0.4, -0.2) is 42.8 Å². The van der Waals surface area contributed by atoms with E-state index in [1.807, 2.05) is 6.07 Å². The van der Waals surface area contributed by atoms with Gasteiger partial charge < -0.3 is 15.1 Å². The van der Waals surface area contributed by atoms with Crippen molar-refractivity contribution in [1.29, 1.82) is 0 Å².